The van der Waals surface area contributed by atoms with Gasteiger partial charge in [0, 0.05) is 13.0 Å². The molecule has 2 heterocycles. The number of imide groups is 1. The number of rotatable bonds is 7. The number of benzene rings is 3. The van der Waals surface area contributed by atoms with Crippen molar-refractivity contribution in [1.82, 2.24) is 15.1 Å². The van der Waals surface area contributed by atoms with Gasteiger partial charge in [-0.1, -0.05) is 60.7 Å². The summed E-state index contributed by atoms with van der Waals surface area (Å²) in [7, 11) is 3.26. The Labute approximate surface area is 205 Å². The predicted molar refractivity (Wildman–Crippen MR) is 132 cm³/mol. The minimum Gasteiger partial charge on any atom is -0.493 e. The van der Waals surface area contributed by atoms with E-state index in [0.717, 1.165) is 23.1 Å². The third kappa shape index (κ3) is 4.47. The third-order valence-corrected chi connectivity index (χ3v) is 6.80. The van der Waals surface area contributed by atoms with Crippen LogP contribution in [0.2, 0.25) is 0 Å². The molecular formula is C28H29N3O4. The molecule has 7 heteroatoms. The predicted octanol–water partition coefficient (Wildman–Crippen LogP) is 3.77. The number of ether oxygens (including phenoxy) is 2. The van der Waals surface area contributed by atoms with E-state index in [1.807, 2.05) is 60.7 Å². The highest BCUT2D eigenvalue weighted by molar-refractivity contribution is 6.04. The van der Waals surface area contributed by atoms with Gasteiger partial charge in [0.25, 0.3) is 5.91 Å². The molecule has 35 heavy (non-hydrogen) atoms. The van der Waals surface area contributed by atoms with Crippen LogP contribution in [0.25, 0.3) is 0 Å². The summed E-state index contributed by atoms with van der Waals surface area (Å²) in [5.41, 5.74) is 4.37. The average molecular weight is 472 g/mol. The summed E-state index contributed by atoms with van der Waals surface area (Å²) in [4.78, 5) is 29.6. The fraction of sp³-hybridized carbons (Fsp3) is 0.286. The van der Waals surface area contributed by atoms with Gasteiger partial charge in [-0.3, -0.25) is 9.69 Å². The number of methoxy groups -OCH3 is 2. The molecule has 0 saturated carbocycles. The Morgan fingerprint density at radius 3 is 2.26 bits per heavy atom. The first-order chi connectivity index (χ1) is 17.1. The maximum absolute atomic E-state index is 13.2. The van der Waals surface area contributed by atoms with Crippen molar-refractivity contribution in [3.63, 3.8) is 0 Å². The zero-order valence-corrected chi connectivity index (χ0v) is 19.9. The van der Waals surface area contributed by atoms with E-state index in [9.17, 15) is 9.59 Å². The lowest BCUT2D eigenvalue weighted by Crippen LogP contribution is -2.46. The number of fused-ring (bicyclic) bond motifs is 1. The van der Waals surface area contributed by atoms with Gasteiger partial charge in [0.1, 0.15) is 6.04 Å². The van der Waals surface area contributed by atoms with Gasteiger partial charge in [-0.05, 0) is 40.8 Å². The molecule has 180 valence electrons. The highest BCUT2D eigenvalue weighted by Gasteiger charge is 2.41. The van der Waals surface area contributed by atoms with Crippen molar-refractivity contribution >= 4 is 11.9 Å². The summed E-state index contributed by atoms with van der Waals surface area (Å²) in [5.74, 6) is 1.17. The Bertz CT molecular complexity index is 1220. The van der Waals surface area contributed by atoms with E-state index >= 15 is 0 Å². The van der Waals surface area contributed by atoms with Crippen molar-refractivity contribution in [3.05, 3.63) is 95.1 Å². The molecule has 2 aliphatic heterocycles. The fourth-order valence-corrected chi connectivity index (χ4v) is 5.06. The fourth-order valence-electron chi connectivity index (χ4n) is 5.06. The summed E-state index contributed by atoms with van der Waals surface area (Å²) in [6.45, 7) is 0.908. The first-order valence-electron chi connectivity index (χ1n) is 11.8. The highest BCUT2D eigenvalue weighted by Crippen LogP contribution is 2.41. The van der Waals surface area contributed by atoms with Gasteiger partial charge >= 0.3 is 6.03 Å². The lowest BCUT2D eigenvalue weighted by Gasteiger charge is -2.39. The van der Waals surface area contributed by atoms with Crippen molar-refractivity contribution in [3.8, 4) is 11.5 Å². The number of urea groups is 1. The molecule has 1 N–H and O–H groups in total. The molecule has 0 bridgehead atoms. The summed E-state index contributed by atoms with van der Waals surface area (Å²) in [5, 5.41) is 2.87. The number of carbonyl (C=O) groups excluding carboxylic acids is 2. The lowest BCUT2D eigenvalue weighted by molar-refractivity contribution is -0.129. The van der Waals surface area contributed by atoms with E-state index in [4.69, 9.17) is 9.47 Å². The van der Waals surface area contributed by atoms with Gasteiger partial charge in [-0.2, -0.15) is 0 Å². The van der Waals surface area contributed by atoms with E-state index in [0.29, 0.717) is 24.5 Å². The summed E-state index contributed by atoms with van der Waals surface area (Å²) >= 11 is 0. The third-order valence-electron chi connectivity index (χ3n) is 6.80. The van der Waals surface area contributed by atoms with Crippen LogP contribution in [0.4, 0.5) is 4.79 Å². The quantitative estimate of drug-likeness (QED) is 0.531. The van der Waals surface area contributed by atoms with Crippen LogP contribution in [0, 0.1) is 0 Å². The maximum atomic E-state index is 13.2. The van der Waals surface area contributed by atoms with Crippen LogP contribution in [-0.2, 0) is 17.6 Å². The van der Waals surface area contributed by atoms with Crippen LogP contribution in [0.3, 0.4) is 0 Å². The van der Waals surface area contributed by atoms with Crippen LogP contribution in [0.1, 0.15) is 28.3 Å². The number of carbonyl (C=O) groups is 2. The average Bonchev–Trinajstić information content (AvgIpc) is 3.16. The van der Waals surface area contributed by atoms with Crippen LogP contribution in [-0.4, -0.2) is 55.2 Å². The molecule has 0 aromatic heterocycles. The molecule has 0 unspecified atom stereocenters. The van der Waals surface area contributed by atoms with Gasteiger partial charge in [-0.15, -0.1) is 0 Å². The van der Waals surface area contributed by atoms with Gasteiger partial charge < -0.3 is 14.8 Å². The molecule has 3 aromatic carbocycles. The Hall–Kier alpha value is -3.84. The largest absolute Gasteiger partial charge is 0.493 e. The number of amides is 3. The molecule has 0 aliphatic carbocycles. The molecule has 2 atom stereocenters. The van der Waals surface area contributed by atoms with Crippen LogP contribution < -0.4 is 14.8 Å². The first-order valence-corrected chi connectivity index (χ1v) is 11.8. The van der Waals surface area contributed by atoms with Crippen LogP contribution in [0.15, 0.2) is 72.8 Å². The molecule has 3 aromatic rings. The van der Waals surface area contributed by atoms with Gasteiger partial charge in [0.2, 0.25) is 0 Å². The monoisotopic (exact) mass is 471 g/mol. The number of nitrogens with one attached hydrogen (secondary N) is 1. The minimum atomic E-state index is -0.554. The molecule has 2 aliphatic rings. The van der Waals surface area contributed by atoms with Gasteiger partial charge in [0.05, 0.1) is 26.9 Å². The zero-order valence-electron chi connectivity index (χ0n) is 19.9. The van der Waals surface area contributed by atoms with E-state index in [1.165, 1.54) is 10.5 Å². The smallest absolute Gasteiger partial charge is 0.325 e. The second kappa shape index (κ2) is 9.80. The van der Waals surface area contributed by atoms with Crippen molar-refractivity contribution in [2.45, 2.75) is 24.9 Å². The van der Waals surface area contributed by atoms with E-state index < -0.39 is 6.04 Å². The topological polar surface area (TPSA) is 71.1 Å². The Morgan fingerprint density at radius 2 is 1.57 bits per heavy atom. The maximum Gasteiger partial charge on any atom is 0.325 e. The SMILES string of the molecule is COc1cc2c(cc1OC)[C@H](c1ccccc1)N(CN1C(=O)N[C@@H](Cc3ccccc3)C1=O)CC2. The van der Waals surface area contributed by atoms with Crippen molar-refractivity contribution in [2.24, 2.45) is 0 Å². The number of hydrogen-bond donors (Lipinski definition) is 1. The second-order valence-corrected chi connectivity index (χ2v) is 8.88. The molecule has 0 radical (unpaired) electrons. The Kier molecular flexibility index (Phi) is 6.42. The highest BCUT2D eigenvalue weighted by atomic mass is 16.5. The number of nitrogens with zero attached hydrogens (tertiary/aromatic N) is 2. The molecule has 5 rings (SSSR count). The molecule has 1 saturated heterocycles. The summed E-state index contributed by atoms with van der Waals surface area (Å²) in [6, 6.07) is 22.9. The van der Waals surface area contributed by atoms with Gasteiger partial charge in [-0.25, -0.2) is 9.69 Å². The van der Waals surface area contributed by atoms with Crippen LogP contribution in [0.5, 0.6) is 11.5 Å². The second-order valence-electron chi connectivity index (χ2n) is 8.88. The standard InChI is InChI=1S/C28H29N3O4/c1-34-24-16-21-13-14-30(26(20-11-7-4-8-12-20)22(21)17-25(24)35-2)18-31-27(32)23(29-28(31)33)15-19-9-5-3-6-10-19/h3-12,16-17,23,26H,13-15,18H2,1-2H3,(H,29,33)/t23-,26-/m0/s1. The summed E-state index contributed by atoms with van der Waals surface area (Å²) in [6.07, 6.45) is 1.25. The number of hydrogen-bond acceptors (Lipinski definition) is 5. The molecule has 1 fully saturated rings. The molecule has 0 spiro atoms. The Balaban J connectivity index is 1.44. The van der Waals surface area contributed by atoms with Crippen molar-refractivity contribution in [1.29, 1.82) is 0 Å². The molecule has 3 amide bonds. The van der Waals surface area contributed by atoms with Gasteiger partial charge in [0.15, 0.2) is 11.5 Å². The molecular weight excluding hydrogens is 442 g/mol. The first kappa shape index (κ1) is 22.9. The Morgan fingerprint density at radius 1 is 0.914 bits per heavy atom. The van der Waals surface area contributed by atoms with Crippen molar-refractivity contribution in [2.75, 3.05) is 27.4 Å². The normalized spacial score (nSPS) is 19.9. The minimum absolute atomic E-state index is 0.131. The van der Waals surface area contributed by atoms with Crippen LogP contribution >= 0.6 is 0 Å². The zero-order chi connectivity index (χ0) is 24.4. The van der Waals surface area contributed by atoms with E-state index in [2.05, 4.69) is 22.3 Å². The van der Waals surface area contributed by atoms with Crippen molar-refractivity contribution < 1.29 is 19.1 Å². The van der Waals surface area contributed by atoms with E-state index in [-0.39, 0.29) is 24.6 Å². The summed E-state index contributed by atoms with van der Waals surface area (Å²) < 4.78 is 11.1. The molecule has 7 nitrogen and oxygen atoms in total. The lowest BCUT2D eigenvalue weighted by atomic mass is 9.88. The van der Waals surface area contributed by atoms with E-state index in [1.54, 1.807) is 14.2 Å².